The maximum Gasteiger partial charge on any atom is 0.200 e. The van der Waals surface area contributed by atoms with Crippen LogP contribution in [0.3, 0.4) is 0 Å². The first kappa shape index (κ1) is 17.5. The van der Waals surface area contributed by atoms with Crippen molar-refractivity contribution in [2.45, 2.75) is 0 Å². The Morgan fingerprint density at radius 1 is 0.833 bits per heavy atom. The molecular weight excluding hydrogens is 335 g/mol. The highest BCUT2D eigenvalue weighted by Crippen LogP contribution is 2.28. The molecule has 24 heavy (non-hydrogen) atoms. The van der Waals surface area contributed by atoms with Gasteiger partial charge >= 0.3 is 0 Å². The number of rotatable bonds is 5. The van der Waals surface area contributed by atoms with Gasteiger partial charge in [-0.05, 0) is 23.8 Å². The Labute approximate surface area is 133 Å². The summed E-state index contributed by atoms with van der Waals surface area (Å²) < 4.78 is 76.0. The topological polar surface area (TPSA) is 42.8 Å². The number of anilines is 1. The second-order valence-corrected chi connectivity index (χ2v) is 4.43. The van der Waals surface area contributed by atoms with Crippen molar-refractivity contribution < 1.29 is 31.4 Å². The molecule has 128 valence electrons. The Morgan fingerprint density at radius 2 is 1.38 bits per heavy atom. The second kappa shape index (κ2) is 7.16. The number of hydrazone groups is 1. The van der Waals surface area contributed by atoms with E-state index in [1.807, 2.05) is 0 Å². The molecule has 2 aromatic rings. The van der Waals surface area contributed by atoms with Crippen molar-refractivity contribution in [3.63, 3.8) is 0 Å². The number of benzene rings is 2. The van der Waals surface area contributed by atoms with Crippen LogP contribution in [-0.4, -0.2) is 20.4 Å². The van der Waals surface area contributed by atoms with Crippen LogP contribution in [0.4, 0.5) is 27.6 Å². The van der Waals surface area contributed by atoms with Gasteiger partial charge in [-0.1, -0.05) is 0 Å². The van der Waals surface area contributed by atoms with Crippen molar-refractivity contribution in [3.05, 3.63) is 52.8 Å². The zero-order chi connectivity index (χ0) is 17.9. The lowest BCUT2D eigenvalue weighted by molar-refractivity contribution is 0.355. The van der Waals surface area contributed by atoms with E-state index >= 15 is 0 Å². The molecule has 1 N–H and O–H groups in total. The Bertz CT molecular complexity index is 767. The Kier molecular flexibility index (Phi) is 5.22. The molecule has 0 fully saturated rings. The number of hydrogen-bond donors (Lipinski definition) is 1. The second-order valence-electron chi connectivity index (χ2n) is 4.43. The summed E-state index contributed by atoms with van der Waals surface area (Å²) in [7, 11) is 2.85. The molecule has 0 aliphatic heterocycles. The molecule has 0 radical (unpaired) electrons. The Hall–Kier alpha value is -2.84. The van der Waals surface area contributed by atoms with Crippen LogP contribution in [0, 0.1) is 29.1 Å². The number of nitrogens with zero attached hydrogens (tertiary/aromatic N) is 1. The van der Waals surface area contributed by atoms with Crippen molar-refractivity contribution in [1.29, 1.82) is 0 Å². The first-order valence-corrected chi connectivity index (χ1v) is 6.43. The van der Waals surface area contributed by atoms with Crippen LogP contribution >= 0.6 is 0 Å². The first-order chi connectivity index (χ1) is 11.4. The summed E-state index contributed by atoms with van der Waals surface area (Å²) in [6.07, 6.45) is 1.11. The summed E-state index contributed by atoms with van der Waals surface area (Å²) in [4.78, 5) is 0. The van der Waals surface area contributed by atoms with Crippen molar-refractivity contribution in [2.24, 2.45) is 5.10 Å². The van der Waals surface area contributed by atoms with E-state index in [0.717, 1.165) is 6.21 Å². The van der Waals surface area contributed by atoms with Crippen LogP contribution in [0.1, 0.15) is 5.56 Å². The predicted molar refractivity (Wildman–Crippen MR) is 77.0 cm³/mol. The van der Waals surface area contributed by atoms with Gasteiger partial charge in [0.25, 0.3) is 0 Å². The third-order valence-corrected chi connectivity index (χ3v) is 3.01. The lowest BCUT2D eigenvalue weighted by Gasteiger charge is -2.08. The third-order valence-electron chi connectivity index (χ3n) is 3.01. The zero-order valence-electron chi connectivity index (χ0n) is 12.5. The monoisotopic (exact) mass is 346 g/mol. The minimum Gasteiger partial charge on any atom is -0.493 e. The highest BCUT2D eigenvalue weighted by Gasteiger charge is 2.25. The van der Waals surface area contributed by atoms with Gasteiger partial charge in [-0.25, -0.2) is 22.0 Å². The van der Waals surface area contributed by atoms with Gasteiger partial charge in [-0.3, -0.25) is 5.43 Å². The number of methoxy groups -OCH3 is 2. The van der Waals surface area contributed by atoms with Crippen LogP contribution < -0.4 is 14.9 Å². The van der Waals surface area contributed by atoms with Gasteiger partial charge in [0, 0.05) is 0 Å². The van der Waals surface area contributed by atoms with Crippen LogP contribution in [0.2, 0.25) is 0 Å². The Balaban J connectivity index is 2.27. The lowest BCUT2D eigenvalue weighted by Crippen LogP contribution is -2.06. The molecule has 0 aromatic heterocycles. The molecule has 0 saturated carbocycles. The van der Waals surface area contributed by atoms with Gasteiger partial charge in [0.2, 0.25) is 5.82 Å². The summed E-state index contributed by atoms with van der Waals surface area (Å²) in [5.74, 6) is -9.54. The molecular formula is C15H11F5N2O2. The molecule has 0 spiro atoms. The predicted octanol–water partition coefficient (Wildman–Crippen LogP) is 3.85. The molecule has 0 saturated heterocycles. The number of hydrogen-bond acceptors (Lipinski definition) is 4. The molecule has 0 amide bonds. The summed E-state index contributed by atoms with van der Waals surface area (Å²) in [5.41, 5.74) is 0.993. The van der Waals surface area contributed by atoms with Crippen LogP contribution in [0.15, 0.2) is 23.3 Å². The van der Waals surface area contributed by atoms with E-state index in [2.05, 4.69) is 5.10 Å². The maximum atomic E-state index is 13.5. The molecule has 9 heteroatoms. The van der Waals surface area contributed by atoms with Gasteiger partial charge in [0.1, 0.15) is 5.69 Å². The van der Waals surface area contributed by atoms with Gasteiger partial charge in [0.05, 0.1) is 20.4 Å². The third kappa shape index (κ3) is 3.24. The number of ether oxygens (including phenoxy) is 2. The van der Waals surface area contributed by atoms with Crippen molar-refractivity contribution in [2.75, 3.05) is 19.6 Å². The molecule has 0 aliphatic carbocycles. The molecule has 2 rings (SSSR count). The van der Waals surface area contributed by atoms with E-state index in [4.69, 9.17) is 9.47 Å². The maximum absolute atomic E-state index is 13.5. The summed E-state index contributed by atoms with van der Waals surface area (Å²) in [5, 5.41) is 3.47. The zero-order valence-corrected chi connectivity index (χ0v) is 12.5. The Morgan fingerprint density at radius 3 is 1.92 bits per heavy atom. The fraction of sp³-hybridized carbons (Fsp3) is 0.133. The van der Waals surface area contributed by atoms with Gasteiger partial charge in [0.15, 0.2) is 34.8 Å². The minimum atomic E-state index is -2.24. The average molecular weight is 346 g/mol. The molecule has 0 unspecified atom stereocenters. The smallest absolute Gasteiger partial charge is 0.200 e. The SMILES string of the molecule is COc1ccc(/C=N\Nc2c(F)c(F)c(F)c(F)c2F)cc1OC. The van der Waals surface area contributed by atoms with Crippen LogP contribution in [-0.2, 0) is 0 Å². The number of nitrogens with one attached hydrogen (secondary N) is 1. The van der Waals surface area contributed by atoms with E-state index < -0.39 is 34.8 Å². The normalized spacial score (nSPS) is 11.0. The average Bonchev–Trinajstić information content (AvgIpc) is 2.60. The highest BCUT2D eigenvalue weighted by molar-refractivity contribution is 5.81. The largest absolute Gasteiger partial charge is 0.493 e. The molecule has 0 heterocycles. The fourth-order valence-corrected chi connectivity index (χ4v) is 1.81. The minimum absolute atomic E-state index is 0.373. The summed E-state index contributed by atoms with van der Waals surface area (Å²) in [6.45, 7) is 0. The lowest BCUT2D eigenvalue weighted by atomic mass is 10.2. The standard InChI is InChI=1S/C15H11F5N2O2/c1-23-8-4-3-7(5-9(8)24-2)6-21-22-15-13(19)11(17)10(16)12(18)14(15)20/h3-6,22H,1-2H3/b21-6-. The van der Waals surface area contributed by atoms with Crippen molar-refractivity contribution >= 4 is 11.9 Å². The quantitative estimate of drug-likeness (QED) is 0.294. The summed E-state index contributed by atoms with van der Waals surface area (Å²) in [6, 6.07) is 4.60. The first-order valence-electron chi connectivity index (χ1n) is 6.43. The molecule has 2 aromatic carbocycles. The summed E-state index contributed by atoms with van der Waals surface area (Å²) >= 11 is 0. The van der Waals surface area contributed by atoms with Crippen molar-refractivity contribution in [1.82, 2.24) is 0 Å². The van der Waals surface area contributed by atoms with E-state index in [9.17, 15) is 22.0 Å². The molecule has 0 aliphatic rings. The van der Waals surface area contributed by atoms with Crippen molar-refractivity contribution in [3.8, 4) is 11.5 Å². The van der Waals surface area contributed by atoms with Gasteiger partial charge in [-0.2, -0.15) is 5.10 Å². The number of halogens is 5. The molecule has 4 nitrogen and oxygen atoms in total. The van der Waals surface area contributed by atoms with Crippen LogP contribution in [0.5, 0.6) is 11.5 Å². The molecule has 0 atom stereocenters. The van der Waals surface area contributed by atoms with E-state index in [0.29, 0.717) is 17.1 Å². The van der Waals surface area contributed by atoms with Gasteiger partial charge in [-0.15, -0.1) is 0 Å². The highest BCUT2D eigenvalue weighted by atomic mass is 19.2. The fourth-order valence-electron chi connectivity index (χ4n) is 1.81. The molecule has 0 bridgehead atoms. The van der Waals surface area contributed by atoms with E-state index in [1.165, 1.54) is 20.3 Å². The van der Waals surface area contributed by atoms with Crippen LogP contribution in [0.25, 0.3) is 0 Å². The van der Waals surface area contributed by atoms with E-state index in [-0.39, 0.29) is 0 Å². The van der Waals surface area contributed by atoms with E-state index in [1.54, 1.807) is 17.6 Å². The van der Waals surface area contributed by atoms with Gasteiger partial charge < -0.3 is 9.47 Å².